The summed E-state index contributed by atoms with van der Waals surface area (Å²) in [6.07, 6.45) is 4.14. The zero-order valence-corrected chi connectivity index (χ0v) is 13.5. The molecule has 0 aromatic heterocycles. The zero-order valence-electron chi connectivity index (χ0n) is 13.5. The fourth-order valence-corrected chi connectivity index (χ4v) is 3.42. The van der Waals surface area contributed by atoms with Crippen LogP contribution in [0.15, 0.2) is 24.3 Å². The highest BCUT2D eigenvalue weighted by atomic mass is 16.2. The lowest BCUT2D eigenvalue weighted by atomic mass is 10.0. The molecule has 2 aliphatic carbocycles. The maximum Gasteiger partial charge on any atom is 0.251 e. The average molecular weight is 315 g/mol. The lowest BCUT2D eigenvalue weighted by Gasteiger charge is -2.19. The summed E-state index contributed by atoms with van der Waals surface area (Å²) in [5.41, 5.74) is 7.03. The van der Waals surface area contributed by atoms with Crippen LogP contribution in [0.2, 0.25) is 0 Å². The molecule has 0 heterocycles. The first-order valence-electron chi connectivity index (χ1n) is 8.50. The lowest BCUT2D eigenvalue weighted by Crippen LogP contribution is -2.39. The summed E-state index contributed by atoms with van der Waals surface area (Å²) in [4.78, 5) is 24.4. The molecule has 5 heteroatoms. The van der Waals surface area contributed by atoms with Crippen LogP contribution >= 0.6 is 0 Å². The molecule has 0 saturated heterocycles. The first-order valence-corrected chi connectivity index (χ1v) is 8.50. The Balaban J connectivity index is 1.62. The van der Waals surface area contributed by atoms with E-state index in [0.29, 0.717) is 29.6 Å². The Morgan fingerprint density at radius 3 is 2.78 bits per heavy atom. The molecule has 4 unspecified atom stereocenters. The predicted octanol–water partition coefficient (Wildman–Crippen LogP) is 2.14. The number of carbonyl (C=O) groups excluding carboxylic acids is 2. The number of amides is 2. The first kappa shape index (κ1) is 16.0. The quantitative estimate of drug-likeness (QED) is 0.778. The summed E-state index contributed by atoms with van der Waals surface area (Å²) in [5.74, 6) is 0.923. The third kappa shape index (κ3) is 3.72. The van der Waals surface area contributed by atoms with Crippen LogP contribution in [0.5, 0.6) is 0 Å². The minimum Gasteiger partial charge on any atom is -0.349 e. The molecule has 2 aliphatic rings. The largest absolute Gasteiger partial charge is 0.349 e. The van der Waals surface area contributed by atoms with Gasteiger partial charge in [0.15, 0.2) is 0 Å². The Morgan fingerprint density at radius 1 is 1.30 bits per heavy atom. The minimum atomic E-state index is -0.0914. The van der Waals surface area contributed by atoms with E-state index in [9.17, 15) is 9.59 Å². The molecule has 1 aromatic carbocycles. The van der Waals surface area contributed by atoms with Crippen LogP contribution in [-0.4, -0.2) is 24.4 Å². The van der Waals surface area contributed by atoms with E-state index in [2.05, 4.69) is 17.6 Å². The van der Waals surface area contributed by atoms with Gasteiger partial charge in [-0.15, -0.1) is 0 Å². The second-order valence-corrected chi connectivity index (χ2v) is 6.90. The molecule has 0 spiro atoms. The van der Waals surface area contributed by atoms with Gasteiger partial charge in [0, 0.05) is 23.2 Å². The fourth-order valence-electron chi connectivity index (χ4n) is 3.42. The van der Waals surface area contributed by atoms with Crippen molar-refractivity contribution < 1.29 is 9.59 Å². The number of anilines is 1. The Bertz CT molecular complexity index is 602. The fraction of sp³-hybridized carbons (Fsp3) is 0.556. The van der Waals surface area contributed by atoms with Gasteiger partial charge in [0.2, 0.25) is 5.91 Å². The van der Waals surface area contributed by atoms with Crippen molar-refractivity contribution in [3.8, 4) is 0 Å². The van der Waals surface area contributed by atoms with Crippen molar-refractivity contribution in [1.29, 1.82) is 0 Å². The highest BCUT2D eigenvalue weighted by molar-refractivity contribution is 5.98. The second-order valence-electron chi connectivity index (χ2n) is 6.90. The lowest BCUT2D eigenvalue weighted by molar-refractivity contribution is -0.117. The first-order chi connectivity index (χ1) is 11.1. The van der Waals surface area contributed by atoms with Gasteiger partial charge in [0.1, 0.15) is 0 Å². The molecule has 1 aromatic rings. The van der Waals surface area contributed by atoms with Crippen LogP contribution in [0.3, 0.4) is 0 Å². The van der Waals surface area contributed by atoms with Gasteiger partial charge in [-0.3, -0.25) is 9.59 Å². The number of hydrogen-bond donors (Lipinski definition) is 3. The Kier molecular flexibility index (Phi) is 4.66. The van der Waals surface area contributed by atoms with Crippen LogP contribution in [0, 0.1) is 17.8 Å². The van der Waals surface area contributed by atoms with Crippen LogP contribution in [0.4, 0.5) is 5.69 Å². The normalized spacial score (nSPS) is 29.1. The molecule has 4 atom stereocenters. The van der Waals surface area contributed by atoms with Crippen LogP contribution < -0.4 is 16.4 Å². The molecule has 5 nitrogen and oxygen atoms in total. The summed E-state index contributed by atoms with van der Waals surface area (Å²) in [5, 5.41) is 5.99. The monoisotopic (exact) mass is 315 g/mol. The van der Waals surface area contributed by atoms with Gasteiger partial charge in [-0.25, -0.2) is 0 Å². The van der Waals surface area contributed by atoms with E-state index in [1.54, 1.807) is 18.2 Å². The van der Waals surface area contributed by atoms with Crippen LogP contribution in [0.25, 0.3) is 0 Å². The number of nitrogens with two attached hydrogens (primary N) is 1. The summed E-state index contributed by atoms with van der Waals surface area (Å²) >= 11 is 0. The summed E-state index contributed by atoms with van der Waals surface area (Å²) < 4.78 is 0. The minimum absolute atomic E-state index is 0.0500. The highest BCUT2D eigenvalue weighted by Crippen LogP contribution is 2.38. The molecule has 23 heavy (non-hydrogen) atoms. The molecule has 2 amide bonds. The number of hydrogen-bond acceptors (Lipinski definition) is 3. The van der Waals surface area contributed by atoms with E-state index in [-0.39, 0.29) is 23.8 Å². The molecule has 2 saturated carbocycles. The van der Waals surface area contributed by atoms with Gasteiger partial charge in [0.05, 0.1) is 0 Å². The predicted molar refractivity (Wildman–Crippen MR) is 90.0 cm³/mol. The highest BCUT2D eigenvalue weighted by Gasteiger charge is 2.39. The van der Waals surface area contributed by atoms with Crippen molar-refractivity contribution in [3.63, 3.8) is 0 Å². The van der Waals surface area contributed by atoms with Gasteiger partial charge in [-0.2, -0.15) is 0 Å². The molecule has 2 fully saturated rings. The van der Waals surface area contributed by atoms with Gasteiger partial charge >= 0.3 is 0 Å². The van der Waals surface area contributed by atoms with E-state index >= 15 is 0 Å². The Morgan fingerprint density at radius 2 is 2.09 bits per heavy atom. The summed E-state index contributed by atoms with van der Waals surface area (Å²) in [6.45, 7) is 2.68. The Labute approximate surface area is 137 Å². The standard InChI is InChI=1S/C18H25N3O2/c1-11-8-15(11)18(23)20-14-6-2-4-12(9-14)17(22)21-16-7-3-5-13(16)10-19/h2,4,6,9,11,13,15-16H,3,5,7-8,10,19H2,1H3,(H,20,23)(H,21,22). The number of nitrogens with one attached hydrogen (secondary N) is 2. The average Bonchev–Trinajstić information content (AvgIpc) is 3.11. The van der Waals surface area contributed by atoms with E-state index in [4.69, 9.17) is 5.73 Å². The molecule has 0 radical (unpaired) electrons. The molecular weight excluding hydrogens is 290 g/mol. The molecular formula is C18H25N3O2. The van der Waals surface area contributed by atoms with Crippen LogP contribution in [0.1, 0.15) is 43.0 Å². The van der Waals surface area contributed by atoms with Gasteiger partial charge in [-0.05, 0) is 55.8 Å². The topological polar surface area (TPSA) is 84.2 Å². The van der Waals surface area contributed by atoms with Crippen molar-refractivity contribution in [2.75, 3.05) is 11.9 Å². The molecule has 3 rings (SSSR count). The molecule has 124 valence electrons. The van der Waals surface area contributed by atoms with Crippen molar-refractivity contribution >= 4 is 17.5 Å². The van der Waals surface area contributed by atoms with Gasteiger partial charge in [0.25, 0.3) is 5.91 Å². The third-order valence-corrected chi connectivity index (χ3v) is 5.12. The number of rotatable bonds is 5. The number of carbonyl (C=O) groups is 2. The molecule has 4 N–H and O–H groups in total. The third-order valence-electron chi connectivity index (χ3n) is 5.12. The van der Waals surface area contributed by atoms with Crippen molar-refractivity contribution in [1.82, 2.24) is 5.32 Å². The zero-order chi connectivity index (χ0) is 16.4. The number of benzene rings is 1. The maximum atomic E-state index is 12.4. The smallest absolute Gasteiger partial charge is 0.251 e. The van der Waals surface area contributed by atoms with Crippen molar-refractivity contribution in [3.05, 3.63) is 29.8 Å². The van der Waals surface area contributed by atoms with E-state index < -0.39 is 0 Å². The van der Waals surface area contributed by atoms with Gasteiger partial charge in [-0.1, -0.05) is 19.4 Å². The van der Waals surface area contributed by atoms with E-state index in [1.807, 2.05) is 6.07 Å². The summed E-state index contributed by atoms with van der Waals surface area (Å²) in [7, 11) is 0. The summed E-state index contributed by atoms with van der Waals surface area (Å²) in [6, 6.07) is 7.30. The van der Waals surface area contributed by atoms with E-state index in [1.165, 1.54) is 0 Å². The molecule has 0 bridgehead atoms. The SMILES string of the molecule is CC1CC1C(=O)Nc1cccc(C(=O)NC2CCCC2CN)c1. The van der Waals surface area contributed by atoms with Crippen molar-refractivity contribution in [2.45, 2.75) is 38.6 Å². The van der Waals surface area contributed by atoms with Crippen LogP contribution in [-0.2, 0) is 4.79 Å². The van der Waals surface area contributed by atoms with Crippen molar-refractivity contribution in [2.24, 2.45) is 23.5 Å². The van der Waals surface area contributed by atoms with E-state index in [0.717, 1.165) is 25.7 Å². The van der Waals surface area contributed by atoms with Gasteiger partial charge < -0.3 is 16.4 Å². The molecule has 0 aliphatic heterocycles. The maximum absolute atomic E-state index is 12.4. The Hall–Kier alpha value is -1.88. The second kappa shape index (κ2) is 6.71.